The van der Waals surface area contributed by atoms with Crippen molar-refractivity contribution in [2.24, 2.45) is 0 Å². The highest BCUT2D eigenvalue weighted by atomic mass is 19.1. The van der Waals surface area contributed by atoms with E-state index in [0.717, 1.165) is 22.3 Å². The predicted molar refractivity (Wildman–Crippen MR) is 125 cm³/mol. The van der Waals surface area contributed by atoms with Crippen molar-refractivity contribution in [2.45, 2.75) is 32.7 Å². The van der Waals surface area contributed by atoms with E-state index in [2.05, 4.69) is 5.32 Å². The zero-order chi connectivity index (χ0) is 23.3. The lowest BCUT2D eigenvalue weighted by Crippen LogP contribution is -2.18. The second kappa shape index (κ2) is 7.89. The molecule has 1 unspecified atom stereocenters. The van der Waals surface area contributed by atoms with E-state index >= 15 is 0 Å². The maximum Gasteiger partial charge on any atom is 0.337 e. The fourth-order valence-electron chi connectivity index (χ4n) is 4.64. The van der Waals surface area contributed by atoms with Gasteiger partial charge in [0.05, 0.1) is 17.0 Å². The third-order valence-electron chi connectivity index (χ3n) is 6.21. The number of hydrogen-bond donors (Lipinski definition) is 2. The number of anilines is 1. The van der Waals surface area contributed by atoms with Gasteiger partial charge in [0.25, 0.3) is 0 Å². The summed E-state index contributed by atoms with van der Waals surface area (Å²) in [7, 11) is 0. The molecule has 1 aliphatic rings. The van der Waals surface area contributed by atoms with Gasteiger partial charge < -0.3 is 14.8 Å². The van der Waals surface area contributed by atoms with Gasteiger partial charge in [0.1, 0.15) is 17.2 Å². The van der Waals surface area contributed by atoms with Crippen LogP contribution in [0.25, 0.3) is 22.3 Å². The number of carboxylic acids is 1. The second-order valence-corrected chi connectivity index (χ2v) is 8.49. The molecule has 5 nitrogen and oxygen atoms in total. The van der Waals surface area contributed by atoms with E-state index in [4.69, 9.17) is 4.42 Å². The molecule has 0 bridgehead atoms. The number of carboxylic acid groups (broad SMARTS) is 1. The van der Waals surface area contributed by atoms with Gasteiger partial charge in [0.2, 0.25) is 0 Å². The SMILES string of the molecule is Cc1cc(C(C)Nc2ccccc2C(=O)O)c2oc3c(c(=O)c2c1)CCc1cc(F)ccc1-3. The van der Waals surface area contributed by atoms with Gasteiger partial charge in [0, 0.05) is 22.4 Å². The Morgan fingerprint density at radius 1 is 1.12 bits per heavy atom. The van der Waals surface area contributed by atoms with Crippen molar-refractivity contribution in [2.75, 3.05) is 5.32 Å². The number of halogens is 1. The van der Waals surface area contributed by atoms with E-state index in [0.29, 0.717) is 40.8 Å². The van der Waals surface area contributed by atoms with Crippen molar-refractivity contribution in [3.8, 4) is 11.3 Å². The van der Waals surface area contributed by atoms with Crippen LogP contribution in [0.5, 0.6) is 0 Å². The van der Waals surface area contributed by atoms with Gasteiger partial charge in [-0.15, -0.1) is 0 Å². The molecule has 1 atom stereocenters. The van der Waals surface area contributed by atoms with Gasteiger partial charge in [-0.1, -0.05) is 18.2 Å². The van der Waals surface area contributed by atoms with Crippen molar-refractivity contribution in [1.82, 2.24) is 0 Å². The van der Waals surface area contributed by atoms with E-state index in [-0.39, 0.29) is 22.9 Å². The van der Waals surface area contributed by atoms with Crippen LogP contribution in [0.3, 0.4) is 0 Å². The molecule has 166 valence electrons. The minimum absolute atomic E-state index is 0.0793. The van der Waals surface area contributed by atoms with Crippen LogP contribution in [0.2, 0.25) is 0 Å². The van der Waals surface area contributed by atoms with Crippen molar-refractivity contribution >= 4 is 22.6 Å². The predicted octanol–water partition coefficient (Wildman–Crippen LogP) is 5.88. The van der Waals surface area contributed by atoms with Crippen LogP contribution in [0.1, 0.15) is 45.6 Å². The monoisotopic (exact) mass is 443 g/mol. The van der Waals surface area contributed by atoms with Gasteiger partial charge in [-0.2, -0.15) is 0 Å². The maximum absolute atomic E-state index is 13.8. The molecular formula is C27H22FNO4. The minimum atomic E-state index is -1.02. The fourth-order valence-corrected chi connectivity index (χ4v) is 4.64. The lowest BCUT2D eigenvalue weighted by atomic mass is 9.88. The van der Waals surface area contributed by atoms with Crippen molar-refractivity contribution in [3.05, 3.63) is 98.5 Å². The van der Waals surface area contributed by atoms with Crippen LogP contribution in [0.15, 0.2) is 63.8 Å². The highest BCUT2D eigenvalue weighted by molar-refractivity contribution is 5.94. The van der Waals surface area contributed by atoms with E-state index < -0.39 is 5.97 Å². The second-order valence-electron chi connectivity index (χ2n) is 8.49. The van der Waals surface area contributed by atoms with Gasteiger partial charge in [-0.3, -0.25) is 4.79 Å². The Morgan fingerprint density at radius 3 is 2.70 bits per heavy atom. The zero-order valence-electron chi connectivity index (χ0n) is 18.2. The summed E-state index contributed by atoms with van der Waals surface area (Å²) in [4.78, 5) is 25.1. The maximum atomic E-state index is 13.8. The van der Waals surface area contributed by atoms with Crippen LogP contribution in [0, 0.1) is 12.7 Å². The van der Waals surface area contributed by atoms with Gasteiger partial charge in [-0.25, -0.2) is 9.18 Å². The largest absolute Gasteiger partial charge is 0.478 e. The number of nitrogens with one attached hydrogen (secondary N) is 1. The van der Waals surface area contributed by atoms with Crippen LogP contribution in [-0.4, -0.2) is 11.1 Å². The van der Waals surface area contributed by atoms with Crippen LogP contribution in [-0.2, 0) is 12.8 Å². The fraction of sp³-hybridized carbons (Fsp3) is 0.185. The summed E-state index contributed by atoms with van der Waals surface area (Å²) in [5.41, 5.74) is 4.83. The summed E-state index contributed by atoms with van der Waals surface area (Å²) in [5.74, 6) is -0.854. The van der Waals surface area contributed by atoms with Gasteiger partial charge in [0.15, 0.2) is 5.43 Å². The number of aryl methyl sites for hydroxylation is 2. The molecule has 0 radical (unpaired) electrons. The molecule has 0 spiro atoms. The third-order valence-corrected chi connectivity index (χ3v) is 6.21. The molecular weight excluding hydrogens is 421 g/mol. The van der Waals surface area contributed by atoms with Crippen LogP contribution < -0.4 is 10.7 Å². The van der Waals surface area contributed by atoms with Crippen LogP contribution >= 0.6 is 0 Å². The first kappa shape index (κ1) is 20.9. The average molecular weight is 443 g/mol. The summed E-state index contributed by atoms with van der Waals surface area (Å²) < 4.78 is 20.1. The Kier molecular flexibility index (Phi) is 5.01. The third kappa shape index (κ3) is 3.57. The summed E-state index contributed by atoms with van der Waals surface area (Å²) in [5, 5.41) is 13.3. The van der Waals surface area contributed by atoms with E-state index in [1.807, 2.05) is 26.0 Å². The summed E-state index contributed by atoms with van der Waals surface area (Å²) >= 11 is 0. The Bertz CT molecular complexity index is 1490. The van der Waals surface area contributed by atoms with Gasteiger partial charge in [-0.05, 0) is 74.2 Å². The Balaban J connectivity index is 1.69. The summed E-state index contributed by atoms with van der Waals surface area (Å²) in [6.07, 6.45) is 1.08. The quantitative estimate of drug-likeness (QED) is 0.412. The number of aromatic carboxylic acids is 1. The smallest absolute Gasteiger partial charge is 0.337 e. The molecule has 2 N–H and O–H groups in total. The number of rotatable bonds is 4. The molecule has 0 saturated carbocycles. The van der Waals surface area contributed by atoms with E-state index in [1.54, 1.807) is 24.3 Å². The number of carbonyl (C=O) groups is 1. The molecule has 0 saturated heterocycles. The molecule has 0 fully saturated rings. The van der Waals surface area contributed by atoms with Crippen molar-refractivity contribution < 1.29 is 18.7 Å². The Hall–Kier alpha value is -3.93. The topological polar surface area (TPSA) is 79.5 Å². The van der Waals surface area contributed by atoms with E-state index in [1.165, 1.54) is 18.2 Å². The average Bonchev–Trinajstić information content (AvgIpc) is 2.79. The zero-order valence-corrected chi connectivity index (χ0v) is 18.2. The lowest BCUT2D eigenvalue weighted by molar-refractivity contribution is 0.0698. The van der Waals surface area contributed by atoms with Gasteiger partial charge >= 0.3 is 5.97 Å². The molecule has 3 aromatic carbocycles. The number of fused-ring (bicyclic) bond motifs is 4. The highest BCUT2D eigenvalue weighted by Gasteiger charge is 2.25. The minimum Gasteiger partial charge on any atom is -0.478 e. The summed E-state index contributed by atoms with van der Waals surface area (Å²) in [6.45, 7) is 3.81. The molecule has 1 heterocycles. The molecule has 1 aromatic heterocycles. The molecule has 5 rings (SSSR count). The Labute approximate surface area is 189 Å². The Morgan fingerprint density at radius 2 is 1.91 bits per heavy atom. The van der Waals surface area contributed by atoms with E-state index in [9.17, 15) is 19.1 Å². The highest BCUT2D eigenvalue weighted by Crippen LogP contribution is 2.37. The molecule has 33 heavy (non-hydrogen) atoms. The van der Waals surface area contributed by atoms with Crippen molar-refractivity contribution in [1.29, 1.82) is 0 Å². The normalized spacial score (nSPS) is 13.3. The summed E-state index contributed by atoms with van der Waals surface area (Å²) in [6, 6.07) is 14.6. The number of benzene rings is 3. The van der Waals surface area contributed by atoms with Crippen molar-refractivity contribution in [3.63, 3.8) is 0 Å². The number of hydrogen-bond acceptors (Lipinski definition) is 4. The first-order valence-electron chi connectivity index (χ1n) is 10.8. The first-order valence-corrected chi connectivity index (χ1v) is 10.8. The standard InChI is InChI=1S/C27H22FNO4/c1-14-11-21(15(2)29-23-6-4-3-5-19(23)27(31)32)26-22(12-14)24(30)20-9-7-16-13-17(28)8-10-18(16)25(20)33-26/h3-6,8,10-13,15,29H,7,9H2,1-2H3,(H,31,32). The number of para-hydroxylation sites is 1. The molecule has 4 aromatic rings. The molecule has 6 heteroatoms. The molecule has 0 amide bonds. The molecule has 0 aliphatic heterocycles. The lowest BCUT2D eigenvalue weighted by Gasteiger charge is -2.22. The van der Waals surface area contributed by atoms with Crippen LogP contribution in [0.4, 0.5) is 10.1 Å². The first-order chi connectivity index (χ1) is 15.8. The molecule has 1 aliphatic carbocycles.